The smallest absolute Gasteiger partial charge is 0.239 e. The minimum absolute atomic E-state index is 0. The predicted octanol–water partition coefficient (Wildman–Crippen LogP) is 1.91. The zero-order valence-corrected chi connectivity index (χ0v) is 14.3. The van der Waals surface area contributed by atoms with Crippen molar-refractivity contribution >= 4 is 30.7 Å². The first-order chi connectivity index (χ1) is 8.70. The van der Waals surface area contributed by atoms with E-state index in [0.29, 0.717) is 11.9 Å². The Hall–Kier alpha value is -0.0300. The Kier molecular flexibility index (Phi) is 9.81. The quantitative estimate of drug-likeness (QED) is 0.842. The molecule has 120 valence electrons. The minimum atomic E-state index is 0. The third-order valence-electron chi connectivity index (χ3n) is 4.33. The molecule has 0 aliphatic carbocycles. The molecular formula is C14H29Cl2N3O. The molecule has 4 nitrogen and oxygen atoms in total. The number of nitrogens with one attached hydrogen (secondary N) is 1. The van der Waals surface area contributed by atoms with Gasteiger partial charge < -0.3 is 10.2 Å². The van der Waals surface area contributed by atoms with Gasteiger partial charge >= 0.3 is 0 Å². The molecule has 0 saturated carbocycles. The standard InChI is InChI=1S/C14H27N3O.2ClH/c1-12-11-15-7-10-17(12)14(18)13(2)16-8-5-3-4-6-9-16;;/h12-13,15H,3-11H2,1-2H3;2*1H/t12-,13?;;/m0../s1. The van der Waals surface area contributed by atoms with Crippen molar-refractivity contribution in [1.29, 1.82) is 0 Å². The monoisotopic (exact) mass is 325 g/mol. The number of hydrogen-bond donors (Lipinski definition) is 1. The van der Waals surface area contributed by atoms with Gasteiger partial charge in [0.2, 0.25) is 5.91 Å². The Morgan fingerprint density at radius 1 is 1.10 bits per heavy atom. The van der Waals surface area contributed by atoms with Gasteiger partial charge in [-0.1, -0.05) is 12.8 Å². The molecule has 0 radical (unpaired) electrons. The number of carbonyl (C=O) groups excluding carboxylic acids is 1. The molecular weight excluding hydrogens is 297 g/mol. The highest BCUT2D eigenvalue weighted by Crippen LogP contribution is 2.15. The van der Waals surface area contributed by atoms with E-state index in [2.05, 4.69) is 29.0 Å². The van der Waals surface area contributed by atoms with Crippen molar-refractivity contribution in [2.45, 2.75) is 51.6 Å². The fourth-order valence-electron chi connectivity index (χ4n) is 3.05. The van der Waals surface area contributed by atoms with Crippen LogP contribution in [0.25, 0.3) is 0 Å². The van der Waals surface area contributed by atoms with Crippen molar-refractivity contribution in [3.05, 3.63) is 0 Å². The second-order valence-corrected chi connectivity index (χ2v) is 5.71. The van der Waals surface area contributed by atoms with E-state index >= 15 is 0 Å². The van der Waals surface area contributed by atoms with Crippen LogP contribution in [0.5, 0.6) is 0 Å². The molecule has 1 amide bonds. The van der Waals surface area contributed by atoms with E-state index in [0.717, 1.165) is 32.7 Å². The summed E-state index contributed by atoms with van der Waals surface area (Å²) in [6, 6.07) is 0.393. The third kappa shape index (κ3) is 5.06. The van der Waals surface area contributed by atoms with E-state index in [-0.39, 0.29) is 30.9 Å². The summed E-state index contributed by atoms with van der Waals surface area (Å²) in [5, 5.41) is 3.34. The zero-order chi connectivity index (χ0) is 13.0. The van der Waals surface area contributed by atoms with E-state index in [9.17, 15) is 4.79 Å². The largest absolute Gasteiger partial charge is 0.336 e. The normalized spacial score (nSPS) is 25.9. The summed E-state index contributed by atoms with van der Waals surface area (Å²) >= 11 is 0. The second kappa shape index (κ2) is 9.82. The topological polar surface area (TPSA) is 35.6 Å². The first-order valence-corrected chi connectivity index (χ1v) is 7.45. The average Bonchev–Trinajstić information content (AvgIpc) is 2.66. The summed E-state index contributed by atoms with van der Waals surface area (Å²) in [5.41, 5.74) is 0. The molecule has 2 aliphatic rings. The Labute approximate surface area is 135 Å². The lowest BCUT2D eigenvalue weighted by molar-refractivity contribution is -0.139. The van der Waals surface area contributed by atoms with Crippen LogP contribution in [-0.4, -0.2) is 60.5 Å². The molecule has 0 aromatic heterocycles. The molecule has 0 aromatic carbocycles. The molecule has 2 fully saturated rings. The van der Waals surface area contributed by atoms with Gasteiger partial charge in [0, 0.05) is 25.7 Å². The molecule has 2 rings (SSSR count). The summed E-state index contributed by atoms with van der Waals surface area (Å²) in [5.74, 6) is 0.325. The molecule has 2 heterocycles. The number of hydrogen-bond acceptors (Lipinski definition) is 3. The van der Waals surface area contributed by atoms with Gasteiger partial charge in [0.05, 0.1) is 6.04 Å². The van der Waals surface area contributed by atoms with Crippen molar-refractivity contribution in [1.82, 2.24) is 15.1 Å². The molecule has 6 heteroatoms. The van der Waals surface area contributed by atoms with E-state index in [4.69, 9.17) is 0 Å². The molecule has 1 unspecified atom stereocenters. The first-order valence-electron chi connectivity index (χ1n) is 7.45. The molecule has 2 aliphatic heterocycles. The highest BCUT2D eigenvalue weighted by Gasteiger charge is 2.30. The number of piperazine rings is 1. The van der Waals surface area contributed by atoms with Gasteiger partial charge in [-0.15, -0.1) is 24.8 Å². The Bertz CT molecular complexity index is 284. The van der Waals surface area contributed by atoms with Crippen LogP contribution in [-0.2, 0) is 4.79 Å². The molecule has 1 N–H and O–H groups in total. The summed E-state index contributed by atoms with van der Waals surface area (Å²) < 4.78 is 0. The third-order valence-corrected chi connectivity index (χ3v) is 4.33. The van der Waals surface area contributed by atoms with Crippen LogP contribution in [0.1, 0.15) is 39.5 Å². The number of nitrogens with zero attached hydrogens (tertiary/aromatic N) is 2. The number of carbonyl (C=O) groups is 1. The van der Waals surface area contributed by atoms with Gasteiger partial charge in [-0.05, 0) is 39.8 Å². The lowest BCUT2D eigenvalue weighted by Gasteiger charge is -2.38. The first kappa shape index (κ1) is 20.0. The van der Waals surface area contributed by atoms with Crippen LogP contribution >= 0.6 is 24.8 Å². The molecule has 2 atom stereocenters. The summed E-state index contributed by atoms with van der Waals surface area (Å²) in [6.45, 7) is 9.13. The summed E-state index contributed by atoms with van der Waals surface area (Å²) in [4.78, 5) is 17.0. The molecule has 20 heavy (non-hydrogen) atoms. The maximum Gasteiger partial charge on any atom is 0.239 e. The number of halogens is 2. The number of amides is 1. The predicted molar refractivity (Wildman–Crippen MR) is 88.0 cm³/mol. The summed E-state index contributed by atoms with van der Waals surface area (Å²) in [6.07, 6.45) is 5.13. The Balaban J connectivity index is 0.00000180. The van der Waals surface area contributed by atoms with Gasteiger partial charge in [-0.2, -0.15) is 0 Å². The van der Waals surface area contributed by atoms with Crippen LogP contribution in [0.15, 0.2) is 0 Å². The Morgan fingerprint density at radius 2 is 1.70 bits per heavy atom. The SMILES string of the molecule is CC(C(=O)N1CCNC[C@@H]1C)N1CCCCCC1.Cl.Cl. The van der Waals surface area contributed by atoms with Crippen LogP contribution in [0.2, 0.25) is 0 Å². The molecule has 0 aromatic rings. The van der Waals surface area contributed by atoms with Gasteiger partial charge in [-0.25, -0.2) is 0 Å². The molecule has 2 saturated heterocycles. The summed E-state index contributed by atoms with van der Waals surface area (Å²) in [7, 11) is 0. The van der Waals surface area contributed by atoms with E-state index in [1.807, 2.05) is 0 Å². The lowest BCUT2D eigenvalue weighted by Crippen LogP contribution is -2.57. The van der Waals surface area contributed by atoms with Gasteiger partial charge in [0.1, 0.15) is 0 Å². The van der Waals surface area contributed by atoms with Gasteiger partial charge in [0.25, 0.3) is 0 Å². The Morgan fingerprint density at radius 3 is 2.25 bits per heavy atom. The fraction of sp³-hybridized carbons (Fsp3) is 0.929. The van der Waals surface area contributed by atoms with Crippen LogP contribution in [0.4, 0.5) is 0 Å². The highest BCUT2D eigenvalue weighted by molar-refractivity contribution is 5.85. The van der Waals surface area contributed by atoms with E-state index < -0.39 is 0 Å². The highest BCUT2D eigenvalue weighted by atomic mass is 35.5. The van der Waals surface area contributed by atoms with E-state index in [1.54, 1.807) is 0 Å². The van der Waals surface area contributed by atoms with Crippen LogP contribution in [0.3, 0.4) is 0 Å². The van der Waals surface area contributed by atoms with Gasteiger partial charge in [0.15, 0.2) is 0 Å². The van der Waals surface area contributed by atoms with Crippen molar-refractivity contribution in [2.24, 2.45) is 0 Å². The maximum atomic E-state index is 12.6. The average molecular weight is 326 g/mol. The van der Waals surface area contributed by atoms with Crippen molar-refractivity contribution < 1.29 is 4.79 Å². The molecule has 0 bridgehead atoms. The van der Waals surface area contributed by atoms with Crippen LogP contribution < -0.4 is 5.32 Å². The zero-order valence-electron chi connectivity index (χ0n) is 12.6. The molecule has 0 spiro atoms. The number of rotatable bonds is 2. The number of likely N-dealkylation sites (tertiary alicyclic amines) is 1. The second-order valence-electron chi connectivity index (χ2n) is 5.71. The lowest BCUT2D eigenvalue weighted by atomic mass is 10.1. The van der Waals surface area contributed by atoms with Gasteiger partial charge in [-0.3, -0.25) is 9.69 Å². The van der Waals surface area contributed by atoms with Crippen LogP contribution in [0, 0.1) is 0 Å². The van der Waals surface area contributed by atoms with Crippen molar-refractivity contribution in [2.75, 3.05) is 32.7 Å². The minimum Gasteiger partial charge on any atom is -0.336 e. The fourth-order valence-corrected chi connectivity index (χ4v) is 3.05. The van der Waals surface area contributed by atoms with Crippen molar-refractivity contribution in [3.8, 4) is 0 Å². The maximum absolute atomic E-state index is 12.6. The van der Waals surface area contributed by atoms with E-state index in [1.165, 1.54) is 25.7 Å². The van der Waals surface area contributed by atoms with Crippen molar-refractivity contribution in [3.63, 3.8) is 0 Å².